The lowest BCUT2D eigenvalue weighted by molar-refractivity contribution is 0.0595. The summed E-state index contributed by atoms with van der Waals surface area (Å²) >= 11 is 0. The van der Waals surface area contributed by atoms with Crippen molar-refractivity contribution in [2.75, 3.05) is 25.5 Å². The van der Waals surface area contributed by atoms with Gasteiger partial charge in [0.25, 0.3) is 5.91 Å². The molecule has 1 atom stereocenters. The van der Waals surface area contributed by atoms with Gasteiger partial charge in [-0.1, -0.05) is 12.1 Å². The van der Waals surface area contributed by atoms with Crippen molar-refractivity contribution in [3.8, 4) is 11.1 Å². The summed E-state index contributed by atoms with van der Waals surface area (Å²) < 4.78 is 15.1. The number of likely N-dealkylation sites (tertiary alicyclic amines) is 1. The van der Waals surface area contributed by atoms with Crippen LogP contribution < -0.4 is 4.90 Å². The van der Waals surface area contributed by atoms with E-state index in [2.05, 4.69) is 10.1 Å². The predicted molar refractivity (Wildman–Crippen MR) is 113 cm³/mol. The van der Waals surface area contributed by atoms with Gasteiger partial charge in [-0.15, -0.1) is 0 Å². The molecule has 1 aliphatic rings. The Morgan fingerprint density at radius 3 is 2.60 bits per heavy atom. The van der Waals surface area contributed by atoms with Gasteiger partial charge in [-0.3, -0.25) is 9.48 Å². The van der Waals surface area contributed by atoms with Crippen LogP contribution in [-0.2, 0) is 7.05 Å². The molecule has 0 aliphatic carbocycles. The molecule has 0 saturated carbocycles. The molecule has 0 N–H and O–H groups in total. The normalized spacial score (nSPS) is 16.5. The first-order valence-corrected chi connectivity index (χ1v) is 10.0. The number of nitrogens with zero attached hydrogens (tertiary/aromatic N) is 6. The molecular formula is C22H25FN6O. The van der Waals surface area contributed by atoms with Crippen LogP contribution in [0.25, 0.3) is 11.1 Å². The van der Waals surface area contributed by atoms with Crippen LogP contribution in [0.2, 0.25) is 0 Å². The number of hydrogen-bond donors (Lipinski definition) is 0. The molecule has 0 bridgehead atoms. The van der Waals surface area contributed by atoms with Crippen LogP contribution in [0.5, 0.6) is 0 Å². The second kappa shape index (κ2) is 8.22. The van der Waals surface area contributed by atoms with Gasteiger partial charge < -0.3 is 9.80 Å². The van der Waals surface area contributed by atoms with Crippen molar-refractivity contribution in [3.05, 3.63) is 59.9 Å². The van der Waals surface area contributed by atoms with Gasteiger partial charge in [0, 0.05) is 45.6 Å². The van der Waals surface area contributed by atoms with Gasteiger partial charge in [-0.05, 0) is 43.0 Å². The Kier molecular flexibility index (Phi) is 5.48. The van der Waals surface area contributed by atoms with Crippen molar-refractivity contribution in [2.45, 2.75) is 25.3 Å². The van der Waals surface area contributed by atoms with E-state index in [1.807, 2.05) is 23.9 Å². The minimum Gasteiger partial charge on any atom is -0.347 e. The molecule has 0 spiro atoms. The zero-order valence-electron chi connectivity index (χ0n) is 17.4. The maximum Gasteiger partial charge on any atom is 0.272 e. The van der Waals surface area contributed by atoms with Gasteiger partial charge in [-0.2, -0.15) is 5.10 Å². The molecule has 3 heterocycles. The number of piperidine rings is 1. The summed E-state index contributed by atoms with van der Waals surface area (Å²) in [6, 6.07) is 7.85. The number of aromatic nitrogens is 4. The maximum atomic E-state index is 13.5. The summed E-state index contributed by atoms with van der Waals surface area (Å²) in [5.74, 6) is 0.223. The molecule has 3 aromatic rings. The van der Waals surface area contributed by atoms with Crippen molar-refractivity contribution in [1.29, 1.82) is 0 Å². The average molecular weight is 408 g/mol. The number of halogens is 1. The zero-order valence-corrected chi connectivity index (χ0v) is 17.4. The summed E-state index contributed by atoms with van der Waals surface area (Å²) in [5.41, 5.74) is 2.98. The van der Waals surface area contributed by atoms with Crippen LogP contribution in [0.3, 0.4) is 0 Å². The fourth-order valence-electron chi connectivity index (χ4n) is 3.90. The molecule has 30 heavy (non-hydrogen) atoms. The maximum absolute atomic E-state index is 13.5. The number of hydrogen-bond acceptors (Lipinski definition) is 5. The number of carbonyl (C=O) groups excluding carboxylic acids is 1. The summed E-state index contributed by atoms with van der Waals surface area (Å²) in [4.78, 5) is 26.4. The van der Waals surface area contributed by atoms with E-state index in [4.69, 9.17) is 4.98 Å². The lowest BCUT2D eigenvalue weighted by Crippen LogP contribution is -2.40. The Labute approximate surface area is 175 Å². The standard InChI is InChI=1S/C22H25FN6O/c1-27(2)22-24-14-17(15-7-9-16(23)10-8-15)20(26-22)18-6-4-5-13-29(18)21(30)19-11-12-25-28(19)3/h7-12,14,18H,4-6,13H2,1-3H3/t18-/m0/s1. The fourth-order valence-corrected chi connectivity index (χ4v) is 3.90. The first-order chi connectivity index (χ1) is 14.5. The van der Waals surface area contributed by atoms with Crippen molar-refractivity contribution in [2.24, 2.45) is 7.05 Å². The van der Waals surface area contributed by atoms with E-state index < -0.39 is 0 Å². The number of amides is 1. The number of anilines is 1. The van der Waals surface area contributed by atoms with Crippen LogP contribution >= 0.6 is 0 Å². The highest BCUT2D eigenvalue weighted by Gasteiger charge is 2.33. The number of rotatable bonds is 4. The Bertz CT molecular complexity index is 1050. The van der Waals surface area contributed by atoms with Crippen molar-refractivity contribution < 1.29 is 9.18 Å². The second-order valence-electron chi connectivity index (χ2n) is 7.72. The second-order valence-corrected chi connectivity index (χ2v) is 7.72. The molecule has 1 aromatic carbocycles. The molecule has 1 aliphatic heterocycles. The molecule has 0 unspecified atom stereocenters. The van der Waals surface area contributed by atoms with Crippen LogP contribution in [0.1, 0.15) is 41.5 Å². The SMILES string of the molecule is CN(C)c1ncc(-c2ccc(F)cc2)c([C@@H]2CCCCN2C(=O)c2ccnn2C)n1. The number of aryl methyl sites for hydroxylation is 1. The van der Waals surface area contributed by atoms with Gasteiger partial charge in [0.2, 0.25) is 5.95 Å². The minimum atomic E-state index is -0.295. The largest absolute Gasteiger partial charge is 0.347 e. The van der Waals surface area contributed by atoms with Crippen molar-refractivity contribution in [3.63, 3.8) is 0 Å². The van der Waals surface area contributed by atoms with E-state index in [1.54, 1.807) is 42.3 Å². The van der Waals surface area contributed by atoms with Gasteiger partial charge in [0.1, 0.15) is 11.5 Å². The van der Waals surface area contributed by atoms with E-state index in [-0.39, 0.29) is 17.8 Å². The Balaban J connectivity index is 1.81. The van der Waals surface area contributed by atoms with Crippen molar-refractivity contribution in [1.82, 2.24) is 24.6 Å². The van der Waals surface area contributed by atoms with E-state index >= 15 is 0 Å². The predicted octanol–water partition coefficient (Wildman–Crippen LogP) is 3.45. The van der Waals surface area contributed by atoms with Gasteiger partial charge in [-0.25, -0.2) is 14.4 Å². The van der Waals surface area contributed by atoms with E-state index in [9.17, 15) is 9.18 Å². The molecule has 1 saturated heterocycles. The number of benzene rings is 1. The monoisotopic (exact) mass is 408 g/mol. The quantitative estimate of drug-likeness (QED) is 0.662. The highest BCUT2D eigenvalue weighted by atomic mass is 19.1. The van der Waals surface area contributed by atoms with Gasteiger partial charge in [0.05, 0.1) is 11.7 Å². The Hall–Kier alpha value is -3.29. The molecule has 1 fully saturated rings. The lowest BCUT2D eigenvalue weighted by Gasteiger charge is -2.36. The molecule has 8 heteroatoms. The summed E-state index contributed by atoms with van der Waals surface area (Å²) in [6.07, 6.45) is 6.15. The topological polar surface area (TPSA) is 67.2 Å². The molecule has 4 rings (SSSR count). The van der Waals surface area contributed by atoms with E-state index in [0.717, 1.165) is 36.1 Å². The zero-order chi connectivity index (χ0) is 21.3. The number of carbonyl (C=O) groups is 1. The third kappa shape index (κ3) is 3.77. The third-order valence-electron chi connectivity index (χ3n) is 5.48. The minimum absolute atomic E-state index is 0.0604. The average Bonchev–Trinajstić information content (AvgIpc) is 3.19. The lowest BCUT2D eigenvalue weighted by atomic mass is 9.93. The molecule has 1 amide bonds. The highest BCUT2D eigenvalue weighted by Crippen LogP contribution is 2.37. The molecule has 7 nitrogen and oxygen atoms in total. The Morgan fingerprint density at radius 1 is 1.17 bits per heavy atom. The molecule has 0 radical (unpaired) electrons. The summed E-state index contributed by atoms with van der Waals surface area (Å²) in [5, 5.41) is 4.14. The third-order valence-corrected chi connectivity index (χ3v) is 5.48. The first kappa shape index (κ1) is 20.0. The van der Waals surface area contributed by atoms with Gasteiger partial charge in [0.15, 0.2) is 0 Å². The summed E-state index contributed by atoms with van der Waals surface area (Å²) in [7, 11) is 5.54. The van der Waals surface area contributed by atoms with Crippen LogP contribution in [0.4, 0.5) is 10.3 Å². The first-order valence-electron chi connectivity index (χ1n) is 10.0. The highest BCUT2D eigenvalue weighted by molar-refractivity contribution is 5.93. The molecule has 2 aromatic heterocycles. The van der Waals surface area contributed by atoms with Gasteiger partial charge >= 0.3 is 0 Å². The van der Waals surface area contributed by atoms with Crippen LogP contribution in [0, 0.1) is 5.82 Å². The van der Waals surface area contributed by atoms with E-state index in [1.165, 1.54) is 12.1 Å². The molecule has 156 valence electrons. The van der Waals surface area contributed by atoms with Crippen molar-refractivity contribution >= 4 is 11.9 Å². The Morgan fingerprint density at radius 2 is 1.93 bits per heavy atom. The fraction of sp³-hybridized carbons (Fsp3) is 0.364. The smallest absolute Gasteiger partial charge is 0.272 e. The molecular weight excluding hydrogens is 383 g/mol. The van der Waals surface area contributed by atoms with Crippen LogP contribution in [0.15, 0.2) is 42.7 Å². The summed E-state index contributed by atoms with van der Waals surface area (Å²) in [6.45, 7) is 0.652. The van der Waals surface area contributed by atoms with Crippen LogP contribution in [-0.4, -0.2) is 51.2 Å². The van der Waals surface area contributed by atoms with E-state index in [0.29, 0.717) is 18.2 Å².